The smallest absolute Gasteiger partial charge is 0.211 e. The SMILES string of the molecule is O=S(=O)(/C=C/c1ccc(Cl)cc1)NCCSc1ccccc1. The number of thioether (sulfide) groups is 1. The summed E-state index contributed by atoms with van der Waals surface area (Å²) in [6.45, 7) is 0.382. The minimum atomic E-state index is -3.42. The highest BCUT2D eigenvalue weighted by molar-refractivity contribution is 7.99. The first-order valence-corrected chi connectivity index (χ1v) is 9.57. The molecule has 0 radical (unpaired) electrons. The molecule has 2 aromatic rings. The second kappa shape index (κ2) is 8.39. The third-order valence-corrected chi connectivity index (χ3v) is 5.09. The van der Waals surface area contributed by atoms with Gasteiger partial charge in [-0.05, 0) is 35.9 Å². The Bertz CT molecular complexity index is 714. The van der Waals surface area contributed by atoms with Gasteiger partial charge >= 0.3 is 0 Å². The first-order valence-electron chi connectivity index (χ1n) is 6.66. The van der Waals surface area contributed by atoms with Gasteiger partial charge in [0.2, 0.25) is 10.0 Å². The molecule has 0 aliphatic rings. The van der Waals surface area contributed by atoms with E-state index in [0.29, 0.717) is 17.3 Å². The van der Waals surface area contributed by atoms with Crippen molar-refractivity contribution in [3.05, 3.63) is 70.6 Å². The van der Waals surface area contributed by atoms with Crippen LogP contribution in [0, 0.1) is 0 Å². The number of hydrogen-bond acceptors (Lipinski definition) is 3. The molecule has 0 unspecified atom stereocenters. The van der Waals surface area contributed by atoms with Gasteiger partial charge in [-0.25, -0.2) is 13.1 Å². The van der Waals surface area contributed by atoms with Crippen LogP contribution in [-0.4, -0.2) is 20.7 Å². The number of halogens is 1. The predicted octanol–water partition coefficient (Wildman–Crippen LogP) is 4.02. The minimum Gasteiger partial charge on any atom is -0.211 e. The summed E-state index contributed by atoms with van der Waals surface area (Å²) in [5, 5.41) is 1.79. The molecule has 0 saturated carbocycles. The van der Waals surface area contributed by atoms with E-state index in [-0.39, 0.29) is 0 Å². The third-order valence-electron chi connectivity index (χ3n) is 2.73. The molecule has 0 aliphatic carbocycles. The summed E-state index contributed by atoms with van der Waals surface area (Å²) in [5.41, 5.74) is 0.786. The molecule has 0 aromatic heterocycles. The van der Waals surface area contributed by atoms with E-state index in [2.05, 4.69) is 4.72 Å². The molecule has 0 heterocycles. The van der Waals surface area contributed by atoms with Crippen LogP contribution >= 0.6 is 23.4 Å². The molecular weight excluding hydrogens is 338 g/mol. The van der Waals surface area contributed by atoms with Crippen molar-refractivity contribution in [1.29, 1.82) is 0 Å². The van der Waals surface area contributed by atoms with Gasteiger partial charge in [0.15, 0.2) is 0 Å². The Hall–Kier alpha value is -1.27. The monoisotopic (exact) mass is 353 g/mol. The Morgan fingerprint density at radius 2 is 1.73 bits per heavy atom. The lowest BCUT2D eigenvalue weighted by Crippen LogP contribution is -2.23. The van der Waals surface area contributed by atoms with Gasteiger partial charge in [-0.2, -0.15) is 0 Å². The van der Waals surface area contributed by atoms with Crippen LogP contribution in [0.4, 0.5) is 0 Å². The maximum absolute atomic E-state index is 11.8. The molecule has 2 aromatic carbocycles. The molecule has 1 N–H and O–H groups in total. The Kier molecular flexibility index (Phi) is 6.51. The zero-order valence-electron chi connectivity index (χ0n) is 11.8. The summed E-state index contributed by atoms with van der Waals surface area (Å²) >= 11 is 7.39. The average Bonchev–Trinajstić information content (AvgIpc) is 2.52. The molecule has 0 fully saturated rings. The summed E-state index contributed by atoms with van der Waals surface area (Å²) in [4.78, 5) is 1.12. The van der Waals surface area contributed by atoms with Crippen LogP contribution in [0.15, 0.2) is 64.9 Å². The lowest BCUT2D eigenvalue weighted by Gasteiger charge is -2.03. The van der Waals surface area contributed by atoms with Crippen molar-refractivity contribution in [1.82, 2.24) is 4.72 Å². The second-order valence-electron chi connectivity index (χ2n) is 4.46. The van der Waals surface area contributed by atoms with Gasteiger partial charge < -0.3 is 0 Å². The lowest BCUT2D eigenvalue weighted by atomic mass is 10.2. The third kappa shape index (κ3) is 6.23. The fourth-order valence-corrected chi connectivity index (χ4v) is 3.52. The molecule has 116 valence electrons. The summed E-state index contributed by atoms with van der Waals surface area (Å²) in [6.07, 6.45) is 1.54. The van der Waals surface area contributed by atoms with E-state index in [4.69, 9.17) is 11.6 Å². The quantitative estimate of drug-likeness (QED) is 0.604. The Labute approximate surface area is 140 Å². The molecule has 0 spiro atoms. The largest absolute Gasteiger partial charge is 0.233 e. The van der Waals surface area contributed by atoms with Crippen LogP contribution in [-0.2, 0) is 10.0 Å². The number of nitrogens with one attached hydrogen (secondary N) is 1. The maximum atomic E-state index is 11.8. The van der Waals surface area contributed by atoms with Gasteiger partial charge in [-0.3, -0.25) is 0 Å². The van der Waals surface area contributed by atoms with E-state index in [9.17, 15) is 8.42 Å². The number of hydrogen-bond donors (Lipinski definition) is 1. The summed E-state index contributed by atoms with van der Waals surface area (Å²) in [5.74, 6) is 0.679. The highest BCUT2D eigenvalue weighted by Crippen LogP contribution is 2.16. The molecular formula is C16H16ClNO2S2. The van der Waals surface area contributed by atoms with Gasteiger partial charge in [-0.15, -0.1) is 11.8 Å². The lowest BCUT2D eigenvalue weighted by molar-refractivity contribution is 0.593. The molecule has 3 nitrogen and oxygen atoms in total. The standard InChI is InChI=1S/C16H16ClNO2S2/c17-15-8-6-14(7-9-15)10-13-22(19,20)18-11-12-21-16-4-2-1-3-5-16/h1-10,13,18H,11-12H2/b13-10+. The number of sulfonamides is 1. The first-order chi connectivity index (χ1) is 10.6. The predicted molar refractivity (Wildman–Crippen MR) is 94.6 cm³/mol. The van der Waals surface area contributed by atoms with Crippen LogP contribution < -0.4 is 4.72 Å². The van der Waals surface area contributed by atoms with E-state index < -0.39 is 10.0 Å². The van der Waals surface area contributed by atoms with E-state index in [1.54, 1.807) is 42.1 Å². The van der Waals surface area contributed by atoms with Crippen molar-refractivity contribution in [2.45, 2.75) is 4.90 Å². The van der Waals surface area contributed by atoms with Gasteiger partial charge in [0.25, 0.3) is 0 Å². The van der Waals surface area contributed by atoms with Gasteiger partial charge in [0.1, 0.15) is 0 Å². The van der Waals surface area contributed by atoms with Crippen LogP contribution in [0.2, 0.25) is 5.02 Å². The van der Waals surface area contributed by atoms with E-state index in [1.807, 2.05) is 30.3 Å². The molecule has 0 amide bonds. The van der Waals surface area contributed by atoms with Crippen molar-refractivity contribution < 1.29 is 8.42 Å². The second-order valence-corrected chi connectivity index (χ2v) is 7.71. The molecule has 0 atom stereocenters. The van der Waals surface area contributed by atoms with Crippen molar-refractivity contribution in [3.63, 3.8) is 0 Å². The zero-order chi connectivity index (χ0) is 15.8. The molecule has 2 rings (SSSR count). The Balaban J connectivity index is 1.80. The highest BCUT2D eigenvalue weighted by atomic mass is 35.5. The van der Waals surface area contributed by atoms with Crippen molar-refractivity contribution >= 4 is 39.5 Å². The van der Waals surface area contributed by atoms with E-state index in [0.717, 1.165) is 10.5 Å². The average molecular weight is 354 g/mol. The highest BCUT2D eigenvalue weighted by Gasteiger charge is 2.04. The molecule has 0 aliphatic heterocycles. The maximum Gasteiger partial charge on any atom is 0.233 e. The Morgan fingerprint density at radius 3 is 2.41 bits per heavy atom. The topological polar surface area (TPSA) is 46.2 Å². The first kappa shape index (κ1) is 17.1. The van der Waals surface area contributed by atoms with E-state index in [1.165, 1.54) is 5.41 Å². The van der Waals surface area contributed by atoms with Crippen molar-refractivity contribution in [2.75, 3.05) is 12.3 Å². The molecule has 0 bridgehead atoms. The summed E-state index contributed by atoms with van der Waals surface area (Å²) in [6, 6.07) is 16.8. The fraction of sp³-hybridized carbons (Fsp3) is 0.125. The van der Waals surface area contributed by atoms with Crippen LogP contribution in [0.1, 0.15) is 5.56 Å². The number of benzene rings is 2. The van der Waals surface area contributed by atoms with Crippen molar-refractivity contribution in [3.8, 4) is 0 Å². The van der Waals surface area contributed by atoms with Gasteiger partial charge in [0, 0.05) is 27.6 Å². The number of rotatable bonds is 7. The molecule has 0 saturated heterocycles. The molecule has 6 heteroatoms. The van der Waals surface area contributed by atoms with Crippen LogP contribution in [0.3, 0.4) is 0 Å². The van der Waals surface area contributed by atoms with E-state index >= 15 is 0 Å². The van der Waals surface area contributed by atoms with Gasteiger partial charge in [-0.1, -0.05) is 41.9 Å². The fourth-order valence-electron chi connectivity index (χ4n) is 1.66. The Morgan fingerprint density at radius 1 is 1.05 bits per heavy atom. The summed E-state index contributed by atoms with van der Waals surface area (Å²) < 4.78 is 26.2. The summed E-state index contributed by atoms with van der Waals surface area (Å²) in [7, 11) is -3.42. The van der Waals surface area contributed by atoms with Crippen LogP contribution in [0.5, 0.6) is 0 Å². The van der Waals surface area contributed by atoms with Crippen molar-refractivity contribution in [2.24, 2.45) is 0 Å². The zero-order valence-corrected chi connectivity index (χ0v) is 14.2. The molecule has 22 heavy (non-hydrogen) atoms. The van der Waals surface area contributed by atoms with Gasteiger partial charge in [0.05, 0.1) is 0 Å². The minimum absolute atomic E-state index is 0.382. The normalized spacial score (nSPS) is 11.9. The van der Waals surface area contributed by atoms with Crippen LogP contribution in [0.25, 0.3) is 6.08 Å².